The van der Waals surface area contributed by atoms with E-state index in [0.717, 1.165) is 54.0 Å². The summed E-state index contributed by atoms with van der Waals surface area (Å²) in [5.74, 6) is 6.79. The Hall–Kier alpha value is -1.32. The van der Waals surface area contributed by atoms with Crippen molar-refractivity contribution in [2.45, 2.75) is 45.1 Å². The van der Waals surface area contributed by atoms with Gasteiger partial charge in [-0.05, 0) is 49.4 Å². The lowest BCUT2D eigenvalue weighted by Crippen LogP contribution is -2.15. The first-order valence-corrected chi connectivity index (χ1v) is 8.12. The number of nitrogens with zero attached hydrogens (tertiary/aromatic N) is 2. The van der Waals surface area contributed by atoms with Gasteiger partial charge in [0.25, 0.3) is 0 Å². The van der Waals surface area contributed by atoms with Crippen LogP contribution >= 0.6 is 0 Å². The van der Waals surface area contributed by atoms with Gasteiger partial charge in [-0.15, -0.1) is 0 Å². The summed E-state index contributed by atoms with van der Waals surface area (Å²) in [5, 5.41) is 6.85. The number of rotatable bonds is 5. The van der Waals surface area contributed by atoms with Crippen LogP contribution in [0.4, 0.5) is 11.6 Å². The summed E-state index contributed by atoms with van der Waals surface area (Å²) in [5.41, 5.74) is 0. The average Bonchev–Trinajstić information content (AvgIpc) is 2.85. The molecule has 4 atom stereocenters. The molecule has 0 amide bonds. The van der Waals surface area contributed by atoms with Gasteiger partial charge in [0.05, 0.1) is 0 Å². The van der Waals surface area contributed by atoms with Crippen LogP contribution in [0, 0.1) is 23.7 Å². The summed E-state index contributed by atoms with van der Waals surface area (Å²) in [4.78, 5) is 9.21. The topological polar surface area (TPSA) is 49.8 Å². The highest BCUT2D eigenvalue weighted by Gasteiger charge is 2.65. The standard InChI is InChI=1S/C16H24N4/c1-3-4-11-18-12(17-2)8-13(19-11)20-16-14-9-5-6-10(7-9)15(14)16/h8-10,14-16H,3-7H2,1-2H3,(H2,17,18,19,20). The highest BCUT2D eigenvalue weighted by molar-refractivity contribution is 5.49. The van der Waals surface area contributed by atoms with Crippen molar-refractivity contribution in [1.82, 2.24) is 9.97 Å². The molecule has 1 aromatic rings. The van der Waals surface area contributed by atoms with Crippen LogP contribution in [-0.4, -0.2) is 23.1 Å². The van der Waals surface area contributed by atoms with Crippen molar-refractivity contribution < 1.29 is 0 Å². The molecule has 0 aromatic carbocycles. The quantitative estimate of drug-likeness (QED) is 0.865. The highest BCUT2D eigenvalue weighted by Crippen LogP contribution is 2.66. The fourth-order valence-corrected chi connectivity index (χ4v) is 4.72. The van der Waals surface area contributed by atoms with Crippen LogP contribution < -0.4 is 10.6 Å². The zero-order valence-corrected chi connectivity index (χ0v) is 12.4. The van der Waals surface area contributed by atoms with Gasteiger partial charge in [0.15, 0.2) is 0 Å². The van der Waals surface area contributed by atoms with Gasteiger partial charge in [0, 0.05) is 25.6 Å². The van der Waals surface area contributed by atoms with E-state index in [1.807, 2.05) is 7.05 Å². The van der Waals surface area contributed by atoms with Crippen LogP contribution in [0.3, 0.4) is 0 Å². The van der Waals surface area contributed by atoms with Crippen molar-refractivity contribution in [3.05, 3.63) is 11.9 Å². The van der Waals surface area contributed by atoms with E-state index in [1.165, 1.54) is 19.3 Å². The van der Waals surface area contributed by atoms with Gasteiger partial charge in [0.1, 0.15) is 17.5 Å². The highest BCUT2D eigenvalue weighted by atomic mass is 15.1. The van der Waals surface area contributed by atoms with E-state index in [-0.39, 0.29) is 0 Å². The number of aromatic nitrogens is 2. The fourth-order valence-electron chi connectivity index (χ4n) is 4.72. The van der Waals surface area contributed by atoms with Crippen molar-refractivity contribution in [1.29, 1.82) is 0 Å². The van der Waals surface area contributed by atoms with Gasteiger partial charge in [-0.25, -0.2) is 9.97 Å². The number of anilines is 2. The summed E-state index contributed by atoms with van der Waals surface area (Å²) in [6.45, 7) is 2.17. The monoisotopic (exact) mass is 272 g/mol. The Balaban J connectivity index is 1.50. The molecule has 108 valence electrons. The molecule has 20 heavy (non-hydrogen) atoms. The fraction of sp³-hybridized carbons (Fsp3) is 0.750. The van der Waals surface area contributed by atoms with Gasteiger partial charge < -0.3 is 10.6 Å². The van der Waals surface area contributed by atoms with Crippen molar-refractivity contribution in [3.8, 4) is 0 Å². The van der Waals surface area contributed by atoms with E-state index in [4.69, 9.17) is 0 Å². The molecule has 0 aliphatic heterocycles. The molecule has 0 radical (unpaired) electrons. The second-order valence-electron chi connectivity index (χ2n) is 6.71. The van der Waals surface area contributed by atoms with Crippen LogP contribution in [0.5, 0.6) is 0 Å². The molecule has 1 aromatic heterocycles. The molecular formula is C16H24N4. The lowest BCUT2D eigenvalue weighted by molar-refractivity contribution is 0.456. The third kappa shape index (κ3) is 1.88. The lowest BCUT2D eigenvalue weighted by Gasteiger charge is -2.13. The van der Waals surface area contributed by atoms with Crippen LogP contribution in [0.15, 0.2) is 6.07 Å². The normalized spacial score (nSPS) is 36.8. The minimum Gasteiger partial charge on any atom is -0.373 e. The van der Waals surface area contributed by atoms with Crippen molar-refractivity contribution in [2.24, 2.45) is 23.7 Å². The second-order valence-corrected chi connectivity index (χ2v) is 6.71. The molecule has 4 heteroatoms. The van der Waals surface area contributed by atoms with Gasteiger partial charge in [-0.1, -0.05) is 6.92 Å². The predicted molar refractivity (Wildman–Crippen MR) is 80.8 cm³/mol. The second kappa shape index (κ2) is 4.61. The lowest BCUT2D eigenvalue weighted by atomic mass is 10.0. The first-order valence-electron chi connectivity index (χ1n) is 8.12. The zero-order chi connectivity index (χ0) is 13.7. The van der Waals surface area contributed by atoms with Crippen molar-refractivity contribution in [3.63, 3.8) is 0 Å². The zero-order valence-electron chi connectivity index (χ0n) is 12.4. The molecule has 2 bridgehead atoms. The minimum absolute atomic E-state index is 0.690. The summed E-state index contributed by atoms with van der Waals surface area (Å²) >= 11 is 0. The number of fused-ring (bicyclic) bond motifs is 5. The Kier molecular flexibility index (Phi) is 2.86. The maximum atomic E-state index is 4.69. The Morgan fingerprint density at radius 2 is 1.85 bits per heavy atom. The molecule has 3 fully saturated rings. The van der Waals surface area contributed by atoms with E-state index in [1.54, 1.807) is 0 Å². The average molecular weight is 272 g/mol. The van der Waals surface area contributed by atoms with E-state index in [2.05, 4.69) is 33.6 Å². The molecule has 4 nitrogen and oxygen atoms in total. The molecule has 0 spiro atoms. The molecule has 3 aliphatic carbocycles. The SMILES string of the molecule is CCCc1nc(NC)cc(NC2C3C4CCC(C4)C23)n1. The van der Waals surface area contributed by atoms with Gasteiger partial charge in [-0.3, -0.25) is 0 Å². The number of hydrogen-bond acceptors (Lipinski definition) is 4. The van der Waals surface area contributed by atoms with Crippen LogP contribution in [-0.2, 0) is 6.42 Å². The Morgan fingerprint density at radius 1 is 1.15 bits per heavy atom. The Labute approximate surface area is 120 Å². The molecular weight excluding hydrogens is 248 g/mol. The maximum Gasteiger partial charge on any atom is 0.133 e. The Morgan fingerprint density at radius 3 is 2.50 bits per heavy atom. The van der Waals surface area contributed by atoms with Crippen LogP contribution in [0.1, 0.15) is 38.4 Å². The van der Waals surface area contributed by atoms with Crippen molar-refractivity contribution in [2.75, 3.05) is 17.7 Å². The summed E-state index contributed by atoms with van der Waals surface area (Å²) in [6.07, 6.45) is 6.48. The number of hydrogen-bond donors (Lipinski definition) is 2. The molecule has 3 saturated carbocycles. The largest absolute Gasteiger partial charge is 0.373 e. The molecule has 2 N–H and O–H groups in total. The summed E-state index contributed by atoms with van der Waals surface area (Å²) in [7, 11) is 1.92. The van der Waals surface area contributed by atoms with Gasteiger partial charge >= 0.3 is 0 Å². The first kappa shape index (κ1) is 12.4. The molecule has 4 rings (SSSR count). The minimum atomic E-state index is 0.690. The molecule has 4 unspecified atom stereocenters. The number of nitrogens with one attached hydrogen (secondary N) is 2. The summed E-state index contributed by atoms with van der Waals surface area (Å²) in [6, 6.07) is 2.74. The van der Waals surface area contributed by atoms with E-state index in [0.29, 0.717) is 6.04 Å². The van der Waals surface area contributed by atoms with Gasteiger partial charge in [-0.2, -0.15) is 0 Å². The van der Waals surface area contributed by atoms with Crippen molar-refractivity contribution >= 4 is 11.6 Å². The summed E-state index contributed by atoms with van der Waals surface area (Å²) < 4.78 is 0. The molecule has 0 saturated heterocycles. The van der Waals surface area contributed by atoms with Gasteiger partial charge in [0.2, 0.25) is 0 Å². The molecule has 1 heterocycles. The Bertz CT molecular complexity index is 499. The van der Waals surface area contributed by atoms with E-state index in [9.17, 15) is 0 Å². The third-order valence-electron chi connectivity index (χ3n) is 5.55. The predicted octanol–water partition coefficient (Wildman–Crippen LogP) is 2.93. The maximum absolute atomic E-state index is 4.69. The number of aryl methyl sites for hydroxylation is 1. The first-order chi connectivity index (χ1) is 9.80. The van der Waals surface area contributed by atoms with Crippen LogP contribution in [0.25, 0.3) is 0 Å². The van der Waals surface area contributed by atoms with E-state index < -0.39 is 0 Å². The molecule has 3 aliphatic rings. The van der Waals surface area contributed by atoms with Crippen LogP contribution in [0.2, 0.25) is 0 Å². The van der Waals surface area contributed by atoms with E-state index >= 15 is 0 Å². The third-order valence-corrected chi connectivity index (χ3v) is 5.55. The smallest absolute Gasteiger partial charge is 0.133 e.